The molecule has 0 spiro atoms. The SMILES string of the molecule is O=C(N[C@H]1CCCCC/C=C\C2C[C@@]2(C(=O)NS(=O)(=O)C2CC2)NC(=O)[C@@H]2C[C@@H](ON=C(c3ccccc3)c3ccccc3)CN2C1=O)OC1CCC1. The van der Waals surface area contributed by atoms with Crippen LogP contribution in [-0.2, 0) is 34.0 Å². The zero-order valence-corrected chi connectivity index (χ0v) is 30.5. The number of carbonyl (C=O) groups is 4. The highest BCUT2D eigenvalue weighted by atomic mass is 32.2. The van der Waals surface area contributed by atoms with E-state index in [1.54, 1.807) is 0 Å². The van der Waals surface area contributed by atoms with E-state index in [1.165, 1.54) is 4.90 Å². The second-order valence-electron chi connectivity index (χ2n) is 14.8. The minimum Gasteiger partial charge on any atom is -0.446 e. The predicted molar refractivity (Wildman–Crippen MR) is 196 cm³/mol. The van der Waals surface area contributed by atoms with Gasteiger partial charge in [0.2, 0.25) is 21.8 Å². The summed E-state index contributed by atoms with van der Waals surface area (Å²) in [6, 6.07) is 17.0. The first-order valence-corrected chi connectivity index (χ1v) is 20.3. The van der Waals surface area contributed by atoms with Crippen molar-refractivity contribution in [1.29, 1.82) is 0 Å². The minimum atomic E-state index is -3.88. The van der Waals surface area contributed by atoms with Crippen molar-refractivity contribution in [3.05, 3.63) is 83.9 Å². The van der Waals surface area contributed by atoms with Crippen LogP contribution in [0.15, 0.2) is 78.0 Å². The van der Waals surface area contributed by atoms with E-state index < -0.39 is 68.7 Å². The lowest BCUT2D eigenvalue weighted by Gasteiger charge is -2.30. The number of nitrogens with one attached hydrogen (secondary N) is 3. The smallest absolute Gasteiger partial charge is 0.408 e. The monoisotopic (exact) mass is 745 g/mol. The summed E-state index contributed by atoms with van der Waals surface area (Å²) in [5.74, 6) is -2.27. The largest absolute Gasteiger partial charge is 0.446 e. The number of sulfonamides is 1. The number of nitrogens with zero attached hydrogens (tertiary/aromatic N) is 2. The zero-order valence-electron chi connectivity index (χ0n) is 29.7. The Balaban J connectivity index is 1.17. The molecule has 2 aliphatic heterocycles. The average Bonchev–Trinajstić information content (AvgIpc) is 4.06. The Labute approximate surface area is 310 Å². The van der Waals surface area contributed by atoms with Crippen LogP contribution in [0.4, 0.5) is 4.79 Å². The average molecular weight is 746 g/mol. The van der Waals surface area contributed by atoms with Crippen LogP contribution < -0.4 is 15.4 Å². The summed E-state index contributed by atoms with van der Waals surface area (Å²) >= 11 is 0. The number of fused-ring (bicyclic) bond motifs is 2. The Morgan fingerprint density at radius 1 is 0.868 bits per heavy atom. The molecule has 13 nitrogen and oxygen atoms in total. The van der Waals surface area contributed by atoms with Gasteiger partial charge in [-0.1, -0.05) is 90.8 Å². The van der Waals surface area contributed by atoms with Gasteiger partial charge in [0, 0.05) is 23.5 Å². The van der Waals surface area contributed by atoms with Crippen molar-refractivity contribution < 1.29 is 37.2 Å². The van der Waals surface area contributed by atoms with Crippen molar-refractivity contribution >= 4 is 39.5 Å². The maximum absolute atomic E-state index is 14.4. The fraction of sp³-hybridized carbons (Fsp3) is 0.513. The second-order valence-corrected chi connectivity index (χ2v) is 16.8. The van der Waals surface area contributed by atoms with E-state index in [2.05, 4.69) is 20.5 Å². The number of hydrogen-bond acceptors (Lipinski definition) is 9. The van der Waals surface area contributed by atoms with Gasteiger partial charge in [0.25, 0.3) is 5.91 Å². The maximum Gasteiger partial charge on any atom is 0.408 e. The first kappa shape index (κ1) is 36.6. The number of alkyl carbamates (subject to hydrolysis) is 1. The molecule has 1 unspecified atom stereocenters. The third kappa shape index (κ3) is 8.58. The molecule has 4 amide bonds. The minimum absolute atomic E-state index is 0.00822. The number of allylic oxidation sites excluding steroid dienone is 1. The van der Waals surface area contributed by atoms with Crippen LogP contribution in [0.5, 0.6) is 0 Å². The van der Waals surface area contributed by atoms with E-state index in [9.17, 15) is 27.6 Å². The van der Waals surface area contributed by atoms with E-state index in [0.717, 1.165) is 43.2 Å². The van der Waals surface area contributed by atoms with Crippen LogP contribution in [0.25, 0.3) is 0 Å². The second kappa shape index (κ2) is 15.7. The normalized spacial score (nSPS) is 28.3. The Hall–Kier alpha value is -4.72. The van der Waals surface area contributed by atoms with Gasteiger partial charge in [0.05, 0.1) is 11.8 Å². The topological polar surface area (TPSA) is 173 Å². The fourth-order valence-corrected chi connectivity index (χ4v) is 8.61. The number of amides is 4. The van der Waals surface area contributed by atoms with Gasteiger partial charge >= 0.3 is 6.09 Å². The highest BCUT2D eigenvalue weighted by Crippen LogP contribution is 2.46. The number of carbonyl (C=O) groups excluding carboxylic acids is 4. The van der Waals surface area contributed by atoms with Crippen LogP contribution in [0.2, 0.25) is 0 Å². The van der Waals surface area contributed by atoms with Crippen LogP contribution in [-0.4, -0.2) is 84.5 Å². The van der Waals surface area contributed by atoms with Gasteiger partial charge in [0.15, 0.2) is 0 Å². The highest BCUT2D eigenvalue weighted by Gasteiger charge is 2.62. The lowest BCUT2D eigenvalue weighted by atomic mass is 9.96. The summed E-state index contributed by atoms with van der Waals surface area (Å²) in [6.45, 7) is -0.00822. The van der Waals surface area contributed by atoms with Crippen LogP contribution >= 0.6 is 0 Å². The Morgan fingerprint density at radius 3 is 2.21 bits per heavy atom. The van der Waals surface area contributed by atoms with Crippen molar-refractivity contribution in [3.63, 3.8) is 0 Å². The van der Waals surface area contributed by atoms with E-state index in [1.807, 2.05) is 72.8 Å². The van der Waals surface area contributed by atoms with Gasteiger partial charge in [-0.25, -0.2) is 13.2 Å². The maximum atomic E-state index is 14.4. The predicted octanol–water partition coefficient (Wildman–Crippen LogP) is 4.08. The first-order valence-electron chi connectivity index (χ1n) is 18.8. The van der Waals surface area contributed by atoms with Crippen molar-refractivity contribution in [2.75, 3.05) is 6.54 Å². The van der Waals surface area contributed by atoms with Gasteiger partial charge in [-0.2, -0.15) is 0 Å². The fourth-order valence-electron chi connectivity index (χ4n) is 7.25. The molecular weight excluding hydrogens is 699 g/mol. The Bertz CT molecular complexity index is 1810. The van der Waals surface area contributed by atoms with Gasteiger partial charge in [0.1, 0.15) is 35.5 Å². The van der Waals surface area contributed by atoms with E-state index >= 15 is 0 Å². The molecule has 0 radical (unpaired) electrons. The third-order valence-electron chi connectivity index (χ3n) is 10.8. The van der Waals surface area contributed by atoms with Crippen molar-refractivity contribution in [2.45, 2.75) is 112 Å². The van der Waals surface area contributed by atoms with E-state index in [4.69, 9.17) is 9.57 Å². The lowest BCUT2D eigenvalue weighted by molar-refractivity contribution is -0.141. The third-order valence-corrected chi connectivity index (χ3v) is 12.7. The number of oxime groups is 1. The highest BCUT2D eigenvalue weighted by molar-refractivity contribution is 7.91. The summed E-state index contributed by atoms with van der Waals surface area (Å²) in [5, 5.41) is 9.61. The van der Waals surface area contributed by atoms with Gasteiger partial charge in [-0.05, 0) is 57.8 Å². The summed E-state index contributed by atoms with van der Waals surface area (Å²) < 4.78 is 33.4. The molecule has 5 atom stereocenters. The molecule has 0 aromatic heterocycles. The molecule has 0 bridgehead atoms. The molecule has 3 saturated carbocycles. The van der Waals surface area contributed by atoms with Crippen molar-refractivity contribution in [1.82, 2.24) is 20.3 Å². The quantitative estimate of drug-likeness (QED) is 0.196. The number of hydrogen-bond donors (Lipinski definition) is 3. The van der Waals surface area contributed by atoms with E-state index in [0.29, 0.717) is 37.8 Å². The van der Waals surface area contributed by atoms with Crippen LogP contribution in [0.1, 0.15) is 88.2 Å². The summed E-state index contributed by atoms with van der Waals surface area (Å²) in [6.07, 6.45) is 9.33. The summed E-state index contributed by atoms with van der Waals surface area (Å²) in [4.78, 5) is 62.9. The van der Waals surface area contributed by atoms with Gasteiger partial charge in [-0.3, -0.25) is 19.1 Å². The molecular formula is C39H47N5O8S. The molecule has 3 N–H and O–H groups in total. The number of rotatable bonds is 9. The molecule has 2 aromatic carbocycles. The number of benzene rings is 2. The molecule has 5 aliphatic rings. The van der Waals surface area contributed by atoms with Gasteiger partial charge < -0.3 is 25.1 Å². The molecule has 53 heavy (non-hydrogen) atoms. The van der Waals surface area contributed by atoms with Gasteiger partial charge in [-0.15, -0.1) is 0 Å². The van der Waals surface area contributed by atoms with Crippen molar-refractivity contribution in [3.8, 4) is 0 Å². The Morgan fingerprint density at radius 2 is 1.57 bits per heavy atom. The van der Waals surface area contributed by atoms with Crippen molar-refractivity contribution in [2.24, 2.45) is 11.1 Å². The molecule has 1 saturated heterocycles. The number of ether oxygens (including phenoxy) is 1. The summed E-state index contributed by atoms with van der Waals surface area (Å²) in [5.41, 5.74) is 0.720. The van der Waals surface area contributed by atoms with Crippen LogP contribution in [0.3, 0.4) is 0 Å². The molecule has 2 heterocycles. The standard InChI is InChI=1S/C39H47N5O8S/c45-35-33-23-30(52-42-34(26-13-6-4-7-14-26)27-15-8-5-9-16-27)25-44(33)36(46)32(40-38(48)51-29-18-12-19-29)20-11-3-1-2-10-17-28-24-39(28,41-35)37(47)43-53(49,50)31-21-22-31/h4-10,13-17,28-33H,1-3,11-12,18-25H2,(H,40,48)(H,41,45)(H,43,47)/b17-10-/t28?,30-,32+,33+,39-/m1/s1. The Kier molecular flexibility index (Phi) is 10.9. The molecule has 14 heteroatoms. The summed E-state index contributed by atoms with van der Waals surface area (Å²) in [7, 11) is -3.88. The van der Waals surface area contributed by atoms with Crippen LogP contribution in [0, 0.1) is 5.92 Å². The lowest BCUT2D eigenvalue weighted by Crippen LogP contribution is -2.58. The zero-order chi connectivity index (χ0) is 37.0. The molecule has 4 fully saturated rings. The molecule has 282 valence electrons. The van der Waals surface area contributed by atoms with E-state index in [-0.39, 0.29) is 25.5 Å². The first-order chi connectivity index (χ1) is 25.6. The molecule has 2 aromatic rings. The molecule has 7 rings (SSSR count). The molecule has 3 aliphatic carbocycles.